The topological polar surface area (TPSA) is 78.8 Å². The Morgan fingerprint density at radius 2 is 1.67 bits per heavy atom. The number of benzene rings is 3. The Kier molecular flexibility index (Phi) is 7.94. The molecule has 3 aromatic rings. The van der Waals surface area contributed by atoms with Crippen molar-refractivity contribution in [2.75, 3.05) is 10.8 Å². The molecule has 9 heteroatoms. The summed E-state index contributed by atoms with van der Waals surface area (Å²) >= 11 is 9.44. The van der Waals surface area contributed by atoms with Gasteiger partial charge >= 0.3 is 0 Å². The van der Waals surface area contributed by atoms with Gasteiger partial charge in [0.25, 0.3) is 15.9 Å². The Morgan fingerprint density at radius 1 is 1.03 bits per heavy atom. The van der Waals surface area contributed by atoms with Crippen molar-refractivity contribution < 1.29 is 13.2 Å². The average molecular weight is 549 g/mol. The fourth-order valence-corrected chi connectivity index (χ4v) is 5.08. The number of hydrogen-bond acceptors (Lipinski definition) is 4. The van der Waals surface area contributed by atoms with E-state index in [1.165, 1.54) is 12.1 Å². The molecule has 0 aliphatic carbocycles. The van der Waals surface area contributed by atoms with E-state index in [9.17, 15) is 13.2 Å². The minimum Gasteiger partial charge on any atom is -0.271 e. The highest BCUT2D eigenvalue weighted by Crippen LogP contribution is 2.29. The van der Waals surface area contributed by atoms with Gasteiger partial charge in [-0.1, -0.05) is 57.4 Å². The average Bonchev–Trinajstić information content (AvgIpc) is 2.77. The molecule has 0 spiro atoms. The number of nitrogens with one attached hydrogen (secondary N) is 1. The molecule has 0 aromatic heterocycles. The molecule has 0 radical (unpaired) electrons. The van der Waals surface area contributed by atoms with Gasteiger partial charge < -0.3 is 0 Å². The number of hydrazone groups is 1. The Bertz CT molecular complexity index is 1290. The Morgan fingerprint density at radius 3 is 2.27 bits per heavy atom. The molecule has 0 fully saturated rings. The second-order valence-electron chi connectivity index (χ2n) is 7.49. The van der Waals surface area contributed by atoms with E-state index in [0.29, 0.717) is 22.0 Å². The van der Waals surface area contributed by atoms with E-state index in [2.05, 4.69) is 26.5 Å². The highest BCUT2D eigenvalue weighted by Gasteiger charge is 2.28. The standard InChI is InChI=1S/C24H23BrClN3O3S/c1-16-4-11-22(12-5-16)33(31,32)29(23-13-10-21(26)14-17(23)2)15-24(30)28-27-18(3)19-6-8-20(25)9-7-19/h4-14H,15H2,1-3H3,(H,28,30)/b27-18-. The normalized spacial score (nSPS) is 11.8. The quantitative estimate of drug-likeness (QED) is 0.315. The Balaban J connectivity index is 1.91. The van der Waals surface area contributed by atoms with Crippen LogP contribution in [0.3, 0.4) is 0 Å². The number of carbonyl (C=O) groups is 1. The first-order valence-electron chi connectivity index (χ1n) is 10.0. The summed E-state index contributed by atoms with van der Waals surface area (Å²) in [5.41, 5.74) is 5.80. The van der Waals surface area contributed by atoms with E-state index >= 15 is 0 Å². The largest absolute Gasteiger partial charge is 0.271 e. The highest BCUT2D eigenvalue weighted by molar-refractivity contribution is 9.10. The molecule has 0 saturated carbocycles. The first-order chi connectivity index (χ1) is 15.6. The highest BCUT2D eigenvalue weighted by atomic mass is 79.9. The van der Waals surface area contributed by atoms with E-state index in [0.717, 1.165) is 19.9 Å². The van der Waals surface area contributed by atoms with Gasteiger partial charge in [0.15, 0.2) is 0 Å². The summed E-state index contributed by atoms with van der Waals surface area (Å²) in [5.74, 6) is -0.573. The number of halogens is 2. The van der Waals surface area contributed by atoms with Gasteiger partial charge in [0.05, 0.1) is 16.3 Å². The second-order valence-corrected chi connectivity index (χ2v) is 10.7. The molecule has 3 aromatic carbocycles. The van der Waals surface area contributed by atoms with Crippen LogP contribution in [0.4, 0.5) is 5.69 Å². The number of aryl methyl sites for hydroxylation is 2. The van der Waals surface area contributed by atoms with Gasteiger partial charge in [-0.3, -0.25) is 9.10 Å². The molecule has 172 valence electrons. The van der Waals surface area contributed by atoms with E-state index in [1.807, 2.05) is 31.2 Å². The lowest BCUT2D eigenvalue weighted by atomic mass is 10.1. The van der Waals surface area contributed by atoms with E-state index in [1.54, 1.807) is 44.2 Å². The van der Waals surface area contributed by atoms with Crippen molar-refractivity contribution in [1.82, 2.24) is 5.43 Å². The molecule has 0 unspecified atom stereocenters. The van der Waals surface area contributed by atoms with E-state index in [4.69, 9.17) is 11.6 Å². The van der Waals surface area contributed by atoms with Crippen LogP contribution in [0.1, 0.15) is 23.6 Å². The van der Waals surface area contributed by atoms with Crippen LogP contribution in [0.15, 0.2) is 81.2 Å². The second kappa shape index (κ2) is 10.5. The van der Waals surface area contributed by atoms with Crippen LogP contribution >= 0.6 is 27.5 Å². The number of amides is 1. The number of anilines is 1. The number of hydrogen-bond donors (Lipinski definition) is 1. The predicted octanol–water partition coefficient (Wildman–Crippen LogP) is 5.46. The van der Waals surface area contributed by atoms with Gasteiger partial charge in [0.1, 0.15) is 6.54 Å². The zero-order valence-electron chi connectivity index (χ0n) is 18.3. The Hall–Kier alpha value is -2.68. The number of rotatable bonds is 7. The van der Waals surface area contributed by atoms with Gasteiger partial charge in [0, 0.05) is 9.50 Å². The third-order valence-corrected chi connectivity index (χ3v) is 7.47. The molecular formula is C24H23BrClN3O3S. The summed E-state index contributed by atoms with van der Waals surface area (Å²) in [6.07, 6.45) is 0. The van der Waals surface area contributed by atoms with Gasteiger partial charge in [-0.15, -0.1) is 0 Å². The summed E-state index contributed by atoms with van der Waals surface area (Å²) in [4.78, 5) is 12.9. The molecule has 0 heterocycles. The molecule has 0 bridgehead atoms. The van der Waals surface area contributed by atoms with Crippen LogP contribution in [0, 0.1) is 13.8 Å². The number of sulfonamides is 1. The summed E-state index contributed by atoms with van der Waals surface area (Å²) in [5, 5.41) is 4.61. The van der Waals surface area contributed by atoms with Gasteiger partial charge in [-0.25, -0.2) is 13.8 Å². The lowest BCUT2D eigenvalue weighted by Gasteiger charge is -2.25. The molecule has 6 nitrogen and oxygen atoms in total. The van der Waals surface area contributed by atoms with Crippen LogP contribution < -0.4 is 9.73 Å². The summed E-state index contributed by atoms with van der Waals surface area (Å²) in [6.45, 7) is 4.92. The summed E-state index contributed by atoms with van der Waals surface area (Å²) in [7, 11) is -4.02. The number of carbonyl (C=O) groups excluding carboxylic acids is 1. The molecular weight excluding hydrogens is 526 g/mol. The monoisotopic (exact) mass is 547 g/mol. The van der Waals surface area contributed by atoms with Crippen molar-refractivity contribution in [3.63, 3.8) is 0 Å². The van der Waals surface area contributed by atoms with Crippen molar-refractivity contribution in [1.29, 1.82) is 0 Å². The zero-order valence-corrected chi connectivity index (χ0v) is 21.5. The minimum absolute atomic E-state index is 0.0878. The smallest absolute Gasteiger partial charge is 0.264 e. The fourth-order valence-electron chi connectivity index (χ4n) is 3.10. The number of nitrogens with zero attached hydrogens (tertiary/aromatic N) is 2. The lowest BCUT2D eigenvalue weighted by Crippen LogP contribution is -2.40. The maximum Gasteiger partial charge on any atom is 0.264 e. The van der Waals surface area contributed by atoms with Crippen LogP contribution in [-0.4, -0.2) is 26.6 Å². The summed E-state index contributed by atoms with van der Waals surface area (Å²) in [6, 6.07) is 18.8. The van der Waals surface area contributed by atoms with E-state index in [-0.39, 0.29) is 4.90 Å². The van der Waals surface area contributed by atoms with Crippen LogP contribution in [0.2, 0.25) is 5.02 Å². The molecule has 0 aliphatic heterocycles. The van der Waals surface area contributed by atoms with Gasteiger partial charge in [0.2, 0.25) is 0 Å². The summed E-state index contributed by atoms with van der Waals surface area (Å²) < 4.78 is 29.0. The third-order valence-electron chi connectivity index (χ3n) is 4.93. The minimum atomic E-state index is -4.02. The van der Waals surface area contributed by atoms with Gasteiger partial charge in [-0.05, 0) is 74.4 Å². The van der Waals surface area contributed by atoms with Crippen molar-refractivity contribution in [3.05, 3.63) is 92.9 Å². The zero-order chi connectivity index (χ0) is 24.2. The predicted molar refractivity (Wildman–Crippen MR) is 136 cm³/mol. The van der Waals surface area contributed by atoms with Crippen LogP contribution in [-0.2, 0) is 14.8 Å². The molecule has 0 aliphatic rings. The van der Waals surface area contributed by atoms with Crippen LogP contribution in [0.5, 0.6) is 0 Å². The molecule has 0 atom stereocenters. The molecule has 0 saturated heterocycles. The lowest BCUT2D eigenvalue weighted by molar-refractivity contribution is -0.119. The maximum atomic E-state index is 13.5. The fraction of sp³-hybridized carbons (Fsp3) is 0.167. The first-order valence-corrected chi connectivity index (χ1v) is 12.6. The van der Waals surface area contributed by atoms with Crippen molar-refractivity contribution >= 4 is 54.9 Å². The van der Waals surface area contributed by atoms with Gasteiger partial charge in [-0.2, -0.15) is 5.10 Å². The molecule has 1 amide bonds. The van der Waals surface area contributed by atoms with E-state index < -0.39 is 22.5 Å². The first kappa shape index (κ1) is 25.0. The third kappa shape index (κ3) is 6.22. The van der Waals surface area contributed by atoms with Crippen LogP contribution in [0.25, 0.3) is 0 Å². The van der Waals surface area contributed by atoms with Crippen molar-refractivity contribution in [3.8, 4) is 0 Å². The Labute approximate surface area is 207 Å². The van der Waals surface area contributed by atoms with Crippen molar-refractivity contribution in [2.45, 2.75) is 25.7 Å². The van der Waals surface area contributed by atoms with Crippen molar-refractivity contribution in [2.24, 2.45) is 5.10 Å². The molecule has 1 N–H and O–H groups in total. The SMILES string of the molecule is C/C(=N/NC(=O)CN(c1ccc(Cl)cc1C)S(=O)(=O)c1ccc(C)cc1)c1ccc(Br)cc1. The molecule has 3 rings (SSSR count). The molecule has 33 heavy (non-hydrogen) atoms. The maximum absolute atomic E-state index is 13.5.